The van der Waals surface area contributed by atoms with Crippen LogP contribution in [0, 0.1) is 10.1 Å². The summed E-state index contributed by atoms with van der Waals surface area (Å²) in [5.74, 6) is -0.155. The van der Waals surface area contributed by atoms with Crippen LogP contribution in [0.1, 0.15) is 5.56 Å². The van der Waals surface area contributed by atoms with Gasteiger partial charge in [-0.05, 0) is 35.9 Å². The molecule has 0 heterocycles. The number of hydrogen-bond acceptors (Lipinski definition) is 7. The zero-order valence-corrected chi connectivity index (χ0v) is 19.3. The zero-order valence-electron chi connectivity index (χ0n) is 18.5. The lowest BCUT2D eigenvalue weighted by Crippen LogP contribution is -2.39. The van der Waals surface area contributed by atoms with Crippen molar-refractivity contribution in [2.24, 2.45) is 5.10 Å². The molecule has 3 aromatic rings. The molecule has 10 nitrogen and oxygen atoms in total. The molecule has 180 valence electrons. The maximum Gasteiger partial charge on any atom is 0.271 e. The monoisotopic (exact) mass is 494 g/mol. The molecule has 0 aliphatic heterocycles. The van der Waals surface area contributed by atoms with E-state index >= 15 is 0 Å². The molecule has 0 saturated heterocycles. The highest BCUT2D eigenvalue weighted by molar-refractivity contribution is 7.92. The number of sulfonamides is 1. The molecule has 35 heavy (non-hydrogen) atoms. The van der Waals surface area contributed by atoms with Gasteiger partial charge in [-0.2, -0.15) is 5.10 Å². The van der Waals surface area contributed by atoms with Gasteiger partial charge in [0.05, 0.1) is 21.7 Å². The zero-order chi connectivity index (χ0) is 25.3. The van der Waals surface area contributed by atoms with Gasteiger partial charge in [0.1, 0.15) is 18.9 Å². The highest BCUT2D eigenvalue weighted by Gasteiger charge is 2.28. The van der Waals surface area contributed by atoms with Crippen molar-refractivity contribution in [2.45, 2.75) is 4.90 Å². The first-order chi connectivity index (χ1) is 16.8. The van der Waals surface area contributed by atoms with Gasteiger partial charge in [-0.1, -0.05) is 49.1 Å². The number of non-ortho nitro benzene ring substituents is 1. The van der Waals surface area contributed by atoms with Crippen molar-refractivity contribution in [1.82, 2.24) is 5.43 Å². The number of hydrogen-bond donors (Lipinski definition) is 1. The second kappa shape index (κ2) is 11.6. The summed E-state index contributed by atoms with van der Waals surface area (Å²) in [5.41, 5.74) is 2.58. The predicted molar refractivity (Wildman–Crippen MR) is 132 cm³/mol. The average Bonchev–Trinajstić information content (AvgIpc) is 2.87. The summed E-state index contributed by atoms with van der Waals surface area (Å²) in [6.07, 6.45) is 2.99. The van der Waals surface area contributed by atoms with Gasteiger partial charge in [-0.25, -0.2) is 13.8 Å². The minimum atomic E-state index is -4.21. The molecule has 3 rings (SSSR count). The fraction of sp³-hybridized carbons (Fsp3) is 0.0833. The second-order valence-electron chi connectivity index (χ2n) is 7.07. The van der Waals surface area contributed by atoms with Gasteiger partial charge in [0, 0.05) is 12.1 Å². The van der Waals surface area contributed by atoms with Crippen LogP contribution in [0.3, 0.4) is 0 Å². The number of anilines is 1. The number of ether oxygens (including phenoxy) is 1. The highest BCUT2D eigenvalue weighted by atomic mass is 32.2. The Morgan fingerprint density at radius 3 is 2.54 bits per heavy atom. The van der Waals surface area contributed by atoms with Gasteiger partial charge in [0.2, 0.25) is 0 Å². The summed E-state index contributed by atoms with van der Waals surface area (Å²) in [6, 6.07) is 19.5. The van der Waals surface area contributed by atoms with Gasteiger partial charge in [-0.15, -0.1) is 0 Å². The minimum Gasteiger partial charge on any atom is -0.490 e. The lowest BCUT2D eigenvalue weighted by Gasteiger charge is -2.23. The molecule has 0 atom stereocenters. The van der Waals surface area contributed by atoms with Gasteiger partial charge < -0.3 is 4.74 Å². The van der Waals surface area contributed by atoms with Crippen LogP contribution >= 0.6 is 0 Å². The van der Waals surface area contributed by atoms with E-state index in [1.54, 1.807) is 36.4 Å². The summed E-state index contributed by atoms with van der Waals surface area (Å²) in [4.78, 5) is 23.1. The molecule has 0 bridgehead atoms. The van der Waals surface area contributed by atoms with E-state index in [-0.39, 0.29) is 16.3 Å². The maximum atomic E-state index is 13.3. The molecule has 0 saturated carbocycles. The first kappa shape index (κ1) is 25.1. The molecule has 0 aliphatic carbocycles. The van der Waals surface area contributed by atoms with Crippen LogP contribution in [0.25, 0.3) is 0 Å². The molecular formula is C24H22N4O6S. The standard InChI is InChI=1S/C24H22N4O6S/c1-2-14-34-22-11-6-8-19(15-22)17-25-26-24(29)18-27(20-9-7-10-21(16-20)28(30)31)35(32,33)23-12-4-3-5-13-23/h2-13,15-17H,1,14,18H2,(H,26,29)/b25-17+. The molecule has 1 N–H and O–H groups in total. The van der Waals surface area contributed by atoms with E-state index in [0.29, 0.717) is 17.9 Å². The van der Waals surface area contributed by atoms with Gasteiger partial charge in [0.25, 0.3) is 21.6 Å². The van der Waals surface area contributed by atoms with E-state index in [1.165, 1.54) is 48.7 Å². The number of carbonyl (C=O) groups is 1. The minimum absolute atomic E-state index is 0.0331. The van der Waals surface area contributed by atoms with Crippen LogP contribution < -0.4 is 14.5 Å². The molecular weight excluding hydrogens is 472 g/mol. The van der Waals surface area contributed by atoms with Crippen LogP contribution in [0.15, 0.2) is 102 Å². The van der Waals surface area contributed by atoms with Crippen molar-refractivity contribution in [3.05, 3.63) is 107 Å². The van der Waals surface area contributed by atoms with Crippen LogP contribution in [-0.4, -0.2) is 38.6 Å². The first-order valence-electron chi connectivity index (χ1n) is 10.3. The Morgan fingerprint density at radius 1 is 1.09 bits per heavy atom. The molecule has 11 heteroatoms. The van der Waals surface area contributed by atoms with E-state index in [2.05, 4.69) is 17.1 Å². The van der Waals surface area contributed by atoms with E-state index in [1.807, 2.05) is 0 Å². The average molecular weight is 495 g/mol. The Labute approximate surface area is 202 Å². The van der Waals surface area contributed by atoms with Crippen molar-refractivity contribution in [2.75, 3.05) is 17.5 Å². The Bertz CT molecular complexity index is 1340. The molecule has 0 radical (unpaired) electrons. The third-order valence-corrected chi connectivity index (χ3v) is 6.36. The highest BCUT2D eigenvalue weighted by Crippen LogP contribution is 2.26. The molecule has 0 aromatic heterocycles. The molecule has 0 spiro atoms. The molecule has 0 fully saturated rings. The van der Waals surface area contributed by atoms with Crippen LogP contribution in [0.4, 0.5) is 11.4 Å². The number of nitro groups is 1. The Hall–Kier alpha value is -4.51. The van der Waals surface area contributed by atoms with Crippen molar-refractivity contribution < 1.29 is 22.9 Å². The van der Waals surface area contributed by atoms with Crippen LogP contribution in [-0.2, 0) is 14.8 Å². The van der Waals surface area contributed by atoms with Gasteiger partial charge in [-0.3, -0.25) is 19.2 Å². The van der Waals surface area contributed by atoms with Crippen molar-refractivity contribution >= 4 is 33.5 Å². The maximum absolute atomic E-state index is 13.3. The smallest absolute Gasteiger partial charge is 0.271 e. The van der Waals surface area contributed by atoms with Crippen LogP contribution in [0.2, 0.25) is 0 Å². The number of nitrogens with one attached hydrogen (secondary N) is 1. The topological polar surface area (TPSA) is 131 Å². The Balaban J connectivity index is 1.82. The molecule has 0 unspecified atom stereocenters. The number of benzene rings is 3. The van der Waals surface area contributed by atoms with Crippen LogP contribution in [0.5, 0.6) is 5.75 Å². The Kier molecular flexibility index (Phi) is 8.30. The summed E-state index contributed by atoms with van der Waals surface area (Å²) in [6.45, 7) is 3.26. The number of rotatable bonds is 11. The fourth-order valence-electron chi connectivity index (χ4n) is 2.98. The second-order valence-corrected chi connectivity index (χ2v) is 8.93. The summed E-state index contributed by atoms with van der Waals surface area (Å²) >= 11 is 0. The van der Waals surface area contributed by atoms with E-state index in [9.17, 15) is 23.3 Å². The van der Waals surface area contributed by atoms with E-state index in [0.717, 1.165) is 10.4 Å². The fourth-order valence-corrected chi connectivity index (χ4v) is 4.41. The van der Waals surface area contributed by atoms with Crippen molar-refractivity contribution in [3.8, 4) is 5.75 Å². The number of nitrogens with zero attached hydrogens (tertiary/aromatic N) is 3. The summed E-state index contributed by atoms with van der Waals surface area (Å²) in [5, 5.41) is 15.1. The number of carbonyl (C=O) groups excluding carboxylic acids is 1. The Morgan fingerprint density at radius 2 is 1.83 bits per heavy atom. The predicted octanol–water partition coefficient (Wildman–Crippen LogP) is 3.51. The summed E-state index contributed by atoms with van der Waals surface area (Å²) < 4.78 is 32.8. The van der Waals surface area contributed by atoms with Crippen molar-refractivity contribution in [1.29, 1.82) is 0 Å². The quantitative estimate of drug-likeness (QED) is 0.188. The molecule has 1 amide bonds. The third-order valence-electron chi connectivity index (χ3n) is 4.58. The SMILES string of the molecule is C=CCOc1cccc(/C=N/NC(=O)CN(c2cccc([N+](=O)[O-])c2)S(=O)(=O)c2ccccc2)c1. The lowest BCUT2D eigenvalue weighted by atomic mass is 10.2. The summed E-state index contributed by atoms with van der Waals surface area (Å²) in [7, 11) is -4.21. The first-order valence-corrected chi connectivity index (χ1v) is 11.7. The largest absolute Gasteiger partial charge is 0.490 e. The molecule has 0 aliphatic rings. The number of nitro benzene ring substituents is 1. The van der Waals surface area contributed by atoms with E-state index in [4.69, 9.17) is 4.74 Å². The molecule has 3 aromatic carbocycles. The third kappa shape index (κ3) is 6.74. The van der Waals surface area contributed by atoms with Gasteiger partial charge in [0.15, 0.2) is 0 Å². The number of hydrazone groups is 1. The van der Waals surface area contributed by atoms with E-state index < -0.39 is 27.4 Å². The lowest BCUT2D eigenvalue weighted by molar-refractivity contribution is -0.384. The normalized spacial score (nSPS) is 11.1. The van der Waals surface area contributed by atoms with Gasteiger partial charge >= 0.3 is 0 Å². The number of amides is 1. The van der Waals surface area contributed by atoms with Crippen molar-refractivity contribution in [3.63, 3.8) is 0 Å².